The van der Waals surface area contributed by atoms with Gasteiger partial charge in [-0.2, -0.15) is 4.39 Å². The van der Waals surface area contributed by atoms with Gasteiger partial charge in [0.15, 0.2) is 24.5 Å². The molecule has 0 bridgehead atoms. The van der Waals surface area contributed by atoms with Gasteiger partial charge in [0.1, 0.15) is 12.7 Å². The fourth-order valence-electron chi connectivity index (χ4n) is 3.08. The summed E-state index contributed by atoms with van der Waals surface area (Å²) in [7, 11) is 0. The maximum atomic E-state index is 13.9. The Balaban J connectivity index is 2.65. The van der Waals surface area contributed by atoms with E-state index in [-0.39, 0.29) is 0 Å². The SMILES string of the molecule is CC(=O)OC[C@H]1O[C@@H](n2cc(F)c(=O)[nH]c2=O)[C@H](OC(C)=O)[C@@H](OC(C)=O)[C@H]1OC(C)=O. The summed E-state index contributed by atoms with van der Waals surface area (Å²) in [5.41, 5.74) is -2.45. The molecule has 1 aromatic heterocycles. The van der Waals surface area contributed by atoms with E-state index < -0.39 is 78.2 Å². The molecule has 0 radical (unpaired) electrons. The third-order valence-electron chi connectivity index (χ3n) is 4.16. The lowest BCUT2D eigenvalue weighted by Gasteiger charge is -2.44. The average molecular weight is 460 g/mol. The van der Waals surface area contributed by atoms with Crippen molar-refractivity contribution in [1.29, 1.82) is 0 Å². The van der Waals surface area contributed by atoms with E-state index in [0.29, 0.717) is 10.8 Å². The molecule has 1 aliphatic heterocycles. The second-order valence-electron chi connectivity index (χ2n) is 6.73. The van der Waals surface area contributed by atoms with Crippen LogP contribution in [-0.4, -0.2) is 64.5 Å². The van der Waals surface area contributed by atoms with Crippen LogP contribution in [0.3, 0.4) is 0 Å². The lowest BCUT2D eigenvalue weighted by atomic mass is 9.97. The largest absolute Gasteiger partial charge is 0.463 e. The fourth-order valence-corrected chi connectivity index (χ4v) is 3.08. The Morgan fingerprint density at radius 2 is 1.47 bits per heavy atom. The number of hydrogen-bond donors (Lipinski definition) is 1. The predicted molar refractivity (Wildman–Crippen MR) is 98.5 cm³/mol. The van der Waals surface area contributed by atoms with Crippen LogP contribution in [0.5, 0.6) is 0 Å². The molecule has 13 nitrogen and oxygen atoms in total. The number of H-pyrrole nitrogens is 1. The zero-order chi connectivity index (χ0) is 24.2. The topological polar surface area (TPSA) is 169 Å². The molecule has 0 saturated carbocycles. The monoisotopic (exact) mass is 460 g/mol. The van der Waals surface area contributed by atoms with E-state index in [1.807, 2.05) is 0 Å². The van der Waals surface area contributed by atoms with Gasteiger partial charge in [-0.25, -0.2) is 4.79 Å². The first-order valence-corrected chi connectivity index (χ1v) is 9.22. The molecule has 5 atom stereocenters. The van der Waals surface area contributed by atoms with Crippen LogP contribution in [0.1, 0.15) is 33.9 Å². The van der Waals surface area contributed by atoms with Crippen molar-refractivity contribution in [3.8, 4) is 0 Å². The van der Waals surface area contributed by atoms with E-state index >= 15 is 0 Å². The van der Waals surface area contributed by atoms with Crippen LogP contribution in [0.2, 0.25) is 0 Å². The minimum Gasteiger partial charge on any atom is -0.463 e. The number of esters is 4. The van der Waals surface area contributed by atoms with E-state index in [0.717, 1.165) is 27.7 Å². The molecule has 1 aromatic rings. The summed E-state index contributed by atoms with van der Waals surface area (Å²) in [6.07, 6.45) is -7.14. The van der Waals surface area contributed by atoms with E-state index in [4.69, 9.17) is 23.7 Å². The van der Waals surface area contributed by atoms with E-state index in [1.165, 1.54) is 0 Å². The number of ether oxygens (including phenoxy) is 5. The maximum Gasteiger partial charge on any atom is 0.330 e. The van der Waals surface area contributed by atoms with Crippen molar-refractivity contribution < 1.29 is 47.3 Å². The van der Waals surface area contributed by atoms with Crippen molar-refractivity contribution >= 4 is 23.9 Å². The lowest BCUT2D eigenvalue weighted by Crippen LogP contribution is -2.61. The highest BCUT2D eigenvalue weighted by Gasteiger charge is 2.53. The van der Waals surface area contributed by atoms with Gasteiger partial charge in [-0.1, -0.05) is 0 Å². The molecule has 32 heavy (non-hydrogen) atoms. The Morgan fingerprint density at radius 1 is 0.938 bits per heavy atom. The number of hydrogen-bond acceptors (Lipinski definition) is 11. The van der Waals surface area contributed by atoms with E-state index in [1.54, 1.807) is 4.98 Å². The van der Waals surface area contributed by atoms with Gasteiger partial charge in [0.25, 0.3) is 5.56 Å². The molecule has 176 valence electrons. The molecule has 0 unspecified atom stereocenters. The number of rotatable bonds is 6. The third-order valence-corrected chi connectivity index (χ3v) is 4.16. The number of carbonyl (C=O) groups is 4. The first-order chi connectivity index (χ1) is 14.9. The minimum atomic E-state index is -1.67. The van der Waals surface area contributed by atoms with Crippen LogP contribution < -0.4 is 11.2 Å². The van der Waals surface area contributed by atoms with Gasteiger partial charge in [-0.3, -0.25) is 33.5 Å². The predicted octanol–water partition coefficient (Wildman–Crippen LogP) is -1.07. The second-order valence-corrected chi connectivity index (χ2v) is 6.73. The van der Waals surface area contributed by atoms with Gasteiger partial charge in [-0.05, 0) is 0 Å². The Hall–Kier alpha value is -3.55. The lowest BCUT2D eigenvalue weighted by molar-refractivity contribution is -0.269. The molecule has 1 aliphatic rings. The molecule has 1 fully saturated rings. The highest BCUT2D eigenvalue weighted by atomic mass is 19.1. The molecule has 0 amide bonds. The standard InChI is InChI=1S/C18H21FN2O11/c1-7(22)28-6-12-13(29-8(2)23)14(30-9(3)24)15(31-10(4)25)17(32-12)21-5-11(19)16(26)20-18(21)27/h5,12-15,17H,6H2,1-4H3,(H,20,26,27)/t12-,13+,14+,15-,17-/m1/s1. The molecular weight excluding hydrogens is 439 g/mol. The highest BCUT2D eigenvalue weighted by molar-refractivity contribution is 5.68. The molecule has 0 aliphatic carbocycles. The van der Waals surface area contributed by atoms with Gasteiger partial charge in [0.05, 0.1) is 6.20 Å². The van der Waals surface area contributed by atoms with Crippen molar-refractivity contribution in [3.05, 3.63) is 32.9 Å². The Labute approximate surface area is 179 Å². The first kappa shape index (κ1) is 24.7. The molecule has 2 rings (SSSR count). The maximum absolute atomic E-state index is 13.9. The average Bonchev–Trinajstić information content (AvgIpc) is 2.65. The van der Waals surface area contributed by atoms with Crippen LogP contribution in [0.15, 0.2) is 15.8 Å². The van der Waals surface area contributed by atoms with Crippen LogP contribution >= 0.6 is 0 Å². The summed E-state index contributed by atoms with van der Waals surface area (Å²) in [5.74, 6) is -4.71. The molecule has 0 spiro atoms. The summed E-state index contributed by atoms with van der Waals surface area (Å²) >= 11 is 0. The van der Waals surface area contributed by atoms with Gasteiger partial charge < -0.3 is 23.7 Å². The van der Waals surface area contributed by atoms with Crippen LogP contribution in [-0.2, 0) is 42.9 Å². The number of aromatic amines is 1. The number of nitrogens with one attached hydrogen (secondary N) is 1. The van der Waals surface area contributed by atoms with Crippen molar-refractivity contribution in [2.24, 2.45) is 0 Å². The van der Waals surface area contributed by atoms with Gasteiger partial charge >= 0.3 is 29.6 Å². The molecular formula is C18H21FN2O11. The summed E-state index contributed by atoms with van der Waals surface area (Å²) in [6.45, 7) is 3.63. The van der Waals surface area contributed by atoms with Crippen LogP contribution in [0.25, 0.3) is 0 Å². The quantitative estimate of drug-likeness (QED) is 0.405. The Kier molecular flexibility index (Phi) is 7.86. The minimum absolute atomic E-state index is 0.502. The number of nitrogens with zero attached hydrogens (tertiary/aromatic N) is 1. The first-order valence-electron chi connectivity index (χ1n) is 9.22. The zero-order valence-electron chi connectivity index (χ0n) is 17.5. The van der Waals surface area contributed by atoms with Gasteiger partial charge in [-0.15, -0.1) is 0 Å². The van der Waals surface area contributed by atoms with E-state index in [9.17, 15) is 33.2 Å². The molecule has 2 heterocycles. The van der Waals surface area contributed by atoms with Gasteiger partial charge in [0.2, 0.25) is 5.82 Å². The van der Waals surface area contributed by atoms with Crippen LogP contribution in [0, 0.1) is 5.82 Å². The molecule has 14 heteroatoms. The molecule has 1 saturated heterocycles. The number of carbonyl (C=O) groups excluding carboxylic acids is 4. The summed E-state index contributed by atoms with van der Waals surface area (Å²) < 4.78 is 40.6. The zero-order valence-corrected chi connectivity index (χ0v) is 17.5. The van der Waals surface area contributed by atoms with Crippen molar-refractivity contribution in [1.82, 2.24) is 9.55 Å². The normalized spacial score (nSPS) is 24.8. The summed E-state index contributed by atoms with van der Waals surface area (Å²) in [5, 5.41) is 0. The van der Waals surface area contributed by atoms with Gasteiger partial charge in [0, 0.05) is 27.7 Å². The molecule has 0 aromatic carbocycles. The highest BCUT2D eigenvalue weighted by Crippen LogP contribution is 2.34. The molecule has 1 N–H and O–H groups in total. The van der Waals surface area contributed by atoms with Crippen LogP contribution in [0.4, 0.5) is 4.39 Å². The summed E-state index contributed by atoms with van der Waals surface area (Å²) in [6, 6.07) is 0. The third kappa shape index (κ3) is 6.00. The Morgan fingerprint density at radius 3 is 2.00 bits per heavy atom. The second kappa shape index (κ2) is 10.2. The van der Waals surface area contributed by atoms with E-state index in [2.05, 4.69) is 0 Å². The van der Waals surface area contributed by atoms with Crippen molar-refractivity contribution in [2.45, 2.75) is 58.3 Å². The van der Waals surface area contributed by atoms with Crippen molar-refractivity contribution in [2.75, 3.05) is 6.61 Å². The van der Waals surface area contributed by atoms with Crippen molar-refractivity contribution in [3.63, 3.8) is 0 Å². The number of halogens is 1. The fraction of sp³-hybridized carbons (Fsp3) is 0.556. The number of aromatic nitrogens is 2. The Bertz CT molecular complexity index is 1020. The smallest absolute Gasteiger partial charge is 0.330 e. The summed E-state index contributed by atoms with van der Waals surface area (Å²) in [4.78, 5) is 71.9.